The Balaban J connectivity index is 1.89. The minimum Gasteiger partial charge on any atom is -0.478 e. The summed E-state index contributed by atoms with van der Waals surface area (Å²) in [6.45, 7) is 4.39. The minimum atomic E-state index is -4.80. The third-order valence-electron chi connectivity index (χ3n) is 6.23. The van der Waals surface area contributed by atoms with E-state index in [0.29, 0.717) is 23.4 Å². The van der Waals surface area contributed by atoms with Crippen LogP contribution in [0.4, 0.5) is 17.6 Å². The molecule has 0 bridgehead atoms. The fourth-order valence-corrected chi connectivity index (χ4v) is 4.76. The molecule has 0 aliphatic carbocycles. The maximum Gasteiger partial charge on any atom is 0.417 e. The fourth-order valence-electron chi connectivity index (χ4n) is 4.76. The highest BCUT2D eigenvalue weighted by Crippen LogP contribution is 2.43. The SMILES string of the molecule is CC(C)c1c(-c2ccc(C(F)(F)F)c(C(=O)O)c2)c2cc3c(cc2n1-c1ccc(F)cc1)C=NC3. The van der Waals surface area contributed by atoms with Crippen molar-refractivity contribution < 1.29 is 27.5 Å². The number of nitrogens with zero attached hydrogens (tertiary/aromatic N) is 2. The van der Waals surface area contributed by atoms with Gasteiger partial charge < -0.3 is 9.67 Å². The summed E-state index contributed by atoms with van der Waals surface area (Å²) in [7, 11) is 0. The highest BCUT2D eigenvalue weighted by molar-refractivity contribution is 6.04. The summed E-state index contributed by atoms with van der Waals surface area (Å²) in [6, 6.07) is 13.1. The summed E-state index contributed by atoms with van der Waals surface area (Å²) in [4.78, 5) is 16.1. The van der Waals surface area contributed by atoms with Crippen molar-refractivity contribution in [1.29, 1.82) is 0 Å². The normalized spacial score (nSPS) is 13.1. The van der Waals surface area contributed by atoms with Crippen LogP contribution in [0.3, 0.4) is 0 Å². The number of hydrogen-bond donors (Lipinski definition) is 1. The first-order valence-corrected chi connectivity index (χ1v) is 11.0. The smallest absolute Gasteiger partial charge is 0.417 e. The number of benzene rings is 3. The van der Waals surface area contributed by atoms with Gasteiger partial charge in [-0.2, -0.15) is 13.2 Å². The lowest BCUT2D eigenvalue weighted by Gasteiger charge is -2.17. The molecule has 1 aliphatic rings. The lowest BCUT2D eigenvalue weighted by atomic mass is 9.93. The first-order valence-electron chi connectivity index (χ1n) is 11.0. The Morgan fingerprint density at radius 3 is 2.40 bits per heavy atom. The molecule has 0 fully saturated rings. The van der Waals surface area contributed by atoms with Gasteiger partial charge in [0.25, 0.3) is 0 Å². The van der Waals surface area contributed by atoms with E-state index >= 15 is 0 Å². The first kappa shape index (κ1) is 22.8. The average molecular weight is 480 g/mol. The number of carboxylic acids is 1. The van der Waals surface area contributed by atoms with Gasteiger partial charge in [-0.15, -0.1) is 0 Å². The van der Waals surface area contributed by atoms with E-state index in [-0.39, 0.29) is 5.92 Å². The summed E-state index contributed by atoms with van der Waals surface area (Å²) in [5, 5.41) is 10.3. The predicted octanol–water partition coefficient (Wildman–Crippen LogP) is 7.21. The zero-order chi connectivity index (χ0) is 25.1. The first-order chi connectivity index (χ1) is 16.6. The zero-order valence-corrected chi connectivity index (χ0v) is 18.8. The standard InChI is InChI=1S/C27H20F4N2O2/c1-14(2)25-24(15-3-8-22(27(29,30)31)20(9-15)26(34)35)21-10-16-12-32-13-17(16)11-23(21)33(25)19-6-4-18(28)5-7-19/h3-11,13-14H,12H2,1-2H3,(H,34,35). The molecule has 0 saturated carbocycles. The van der Waals surface area contributed by atoms with Gasteiger partial charge in [0, 0.05) is 28.5 Å². The molecule has 0 spiro atoms. The summed E-state index contributed by atoms with van der Waals surface area (Å²) in [5.74, 6) is -2.14. The average Bonchev–Trinajstić information content (AvgIpc) is 3.39. The monoisotopic (exact) mass is 480 g/mol. The van der Waals surface area contributed by atoms with Crippen LogP contribution < -0.4 is 0 Å². The van der Waals surface area contributed by atoms with Gasteiger partial charge in [0.1, 0.15) is 5.82 Å². The van der Waals surface area contributed by atoms with Crippen molar-refractivity contribution >= 4 is 23.1 Å². The summed E-state index contributed by atoms with van der Waals surface area (Å²) in [5.41, 5.74) is 3.14. The number of alkyl halides is 3. The second-order valence-corrected chi connectivity index (χ2v) is 8.83. The van der Waals surface area contributed by atoms with E-state index in [1.165, 1.54) is 18.2 Å². The van der Waals surface area contributed by atoms with Gasteiger partial charge in [0.15, 0.2) is 0 Å². The van der Waals surface area contributed by atoms with E-state index in [1.807, 2.05) is 30.5 Å². The number of aromatic carboxylic acids is 1. The maximum absolute atomic E-state index is 13.7. The molecule has 3 aromatic carbocycles. The van der Waals surface area contributed by atoms with E-state index in [4.69, 9.17) is 0 Å². The van der Waals surface area contributed by atoms with Crippen molar-refractivity contribution in [1.82, 2.24) is 4.57 Å². The van der Waals surface area contributed by atoms with Gasteiger partial charge in [0.2, 0.25) is 0 Å². The fraction of sp³-hybridized carbons (Fsp3) is 0.185. The number of hydrogen-bond acceptors (Lipinski definition) is 2. The number of carbonyl (C=O) groups is 1. The molecular formula is C27H20F4N2O2. The van der Waals surface area contributed by atoms with Crippen LogP contribution in [0.2, 0.25) is 0 Å². The van der Waals surface area contributed by atoms with E-state index in [1.54, 1.807) is 18.3 Å². The minimum absolute atomic E-state index is 0.0958. The van der Waals surface area contributed by atoms with E-state index in [9.17, 15) is 27.5 Å². The van der Waals surface area contributed by atoms with Crippen molar-refractivity contribution in [2.24, 2.45) is 4.99 Å². The molecule has 178 valence electrons. The summed E-state index contributed by atoms with van der Waals surface area (Å²) < 4.78 is 56.2. The Kier molecular flexibility index (Phi) is 5.27. The molecule has 1 N–H and O–H groups in total. The lowest BCUT2D eigenvalue weighted by molar-refractivity contribution is -0.138. The molecule has 2 heterocycles. The van der Waals surface area contributed by atoms with E-state index in [0.717, 1.165) is 39.9 Å². The van der Waals surface area contributed by atoms with Crippen LogP contribution in [0.15, 0.2) is 59.6 Å². The molecule has 0 unspecified atom stereocenters. The summed E-state index contributed by atoms with van der Waals surface area (Å²) >= 11 is 0. The van der Waals surface area contributed by atoms with Gasteiger partial charge in [-0.25, -0.2) is 9.18 Å². The Morgan fingerprint density at radius 2 is 1.77 bits per heavy atom. The van der Waals surface area contributed by atoms with Crippen LogP contribution in [0.5, 0.6) is 0 Å². The quantitative estimate of drug-likeness (QED) is 0.314. The zero-order valence-electron chi connectivity index (χ0n) is 18.8. The molecule has 35 heavy (non-hydrogen) atoms. The van der Waals surface area contributed by atoms with Crippen LogP contribution >= 0.6 is 0 Å². The Labute approximate surface area is 198 Å². The molecule has 0 saturated heterocycles. The topological polar surface area (TPSA) is 54.6 Å². The molecule has 4 aromatic rings. The number of fused-ring (bicyclic) bond motifs is 2. The number of carboxylic acid groups (broad SMARTS) is 1. The van der Waals surface area contributed by atoms with Crippen molar-refractivity contribution in [3.8, 4) is 16.8 Å². The molecule has 0 radical (unpaired) electrons. The molecule has 5 rings (SSSR count). The van der Waals surface area contributed by atoms with Crippen molar-refractivity contribution in [3.05, 3.63) is 88.4 Å². The van der Waals surface area contributed by atoms with Gasteiger partial charge >= 0.3 is 12.1 Å². The highest BCUT2D eigenvalue weighted by Gasteiger charge is 2.36. The number of aromatic nitrogens is 1. The Morgan fingerprint density at radius 1 is 1.06 bits per heavy atom. The molecule has 8 heteroatoms. The largest absolute Gasteiger partial charge is 0.478 e. The molecular weight excluding hydrogens is 460 g/mol. The van der Waals surface area contributed by atoms with Crippen molar-refractivity contribution in [2.75, 3.05) is 0 Å². The Bertz CT molecular complexity index is 1510. The van der Waals surface area contributed by atoms with E-state index < -0.39 is 29.1 Å². The van der Waals surface area contributed by atoms with Crippen LogP contribution in [0, 0.1) is 5.82 Å². The third-order valence-corrected chi connectivity index (χ3v) is 6.23. The molecule has 1 aliphatic heterocycles. The van der Waals surface area contributed by atoms with Gasteiger partial charge in [-0.05, 0) is 71.1 Å². The second-order valence-electron chi connectivity index (χ2n) is 8.83. The highest BCUT2D eigenvalue weighted by atomic mass is 19.4. The van der Waals surface area contributed by atoms with Crippen LogP contribution in [-0.4, -0.2) is 21.9 Å². The third kappa shape index (κ3) is 3.79. The van der Waals surface area contributed by atoms with Gasteiger partial charge in [0.05, 0.1) is 23.2 Å². The Hall–Kier alpha value is -3.94. The van der Waals surface area contributed by atoms with Gasteiger partial charge in [-0.1, -0.05) is 19.9 Å². The summed E-state index contributed by atoms with van der Waals surface area (Å²) in [6.07, 6.45) is -3.03. The molecule has 0 atom stereocenters. The molecule has 4 nitrogen and oxygen atoms in total. The van der Waals surface area contributed by atoms with E-state index in [2.05, 4.69) is 4.99 Å². The van der Waals surface area contributed by atoms with Gasteiger partial charge in [-0.3, -0.25) is 4.99 Å². The predicted molar refractivity (Wildman–Crippen MR) is 126 cm³/mol. The lowest BCUT2D eigenvalue weighted by Crippen LogP contribution is -2.13. The van der Waals surface area contributed by atoms with Crippen molar-refractivity contribution in [2.45, 2.75) is 32.5 Å². The van der Waals surface area contributed by atoms with Crippen LogP contribution in [0.1, 0.15) is 52.5 Å². The second kappa shape index (κ2) is 8.08. The van der Waals surface area contributed by atoms with Crippen molar-refractivity contribution in [3.63, 3.8) is 0 Å². The number of rotatable bonds is 4. The number of aliphatic imine (C=N–C) groups is 1. The van der Waals surface area contributed by atoms with Crippen LogP contribution in [0.25, 0.3) is 27.7 Å². The van der Waals surface area contributed by atoms with Crippen LogP contribution in [-0.2, 0) is 12.7 Å². The molecule has 1 aromatic heterocycles. The maximum atomic E-state index is 13.7. The number of halogens is 4. The molecule has 0 amide bonds.